The van der Waals surface area contributed by atoms with Crippen molar-refractivity contribution in [3.63, 3.8) is 0 Å². The SMILES string of the molecule is N=C(CO)/C(Cl)=C\C=C\Cl. The molecule has 0 spiro atoms. The minimum absolute atomic E-state index is 0.0172. The van der Waals surface area contributed by atoms with E-state index in [2.05, 4.69) is 0 Å². The lowest BCUT2D eigenvalue weighted by atomic mass is 10.3. The fraction of sp³-hybridized carbons (Fsp3) is 0.167. The second-order valence-electron chi connectivity index (χ2n) is 1.47. The highest BCUT2D eigenvalue weighted by Gasteiger charge is 1.96. The molecule has 2 N–H and O–H groups in total. The molecule has 0 radical (unpaired) electrons. The van der Waals surface area contributed by atoms with E-state index in [1.165, 1.54) is 17.7 Å². The maximum Gasteiger partial charge on any atom is 0.0860 e. The van der Waals surface area contributed by atoms with Crippen molar-refractivity contribution in [2.75, 3.05) is 6.61 Å². The number of hydrogen-bond donors (Lipinski definition) is 2. The Morgan fingerprint density at radius 2 is 2.20 bits per heavy atom. The number of halogens is 2. The summed E-state index contributed by atoms with van der Waals surface area (Å²) in [5.41, 5.74) is 1.25. The van der Waals surface area contributed by atoms with Gasteiger partial charge in [0, 0.05) is 5.54 Å². The van der Waals surface area contributed by atoms with E-state index in [9.17, 15) is 0 Å². The molecule has 10 heavy (non-hydrogen) atoms. The molecule has 4 heteroatoms. The molecule has 0 aliphatic rings. The lowest BCUT2D eigenvalue weighted by molar-refractivity contribution is 0.357. The first kappa shape index (κ1) is 9.69. The molecule has 0 aliphatic carbocycles. The van der Waals surface area contributed by atoms with E-state index >= 15 is 0 Å². The number of allylic oxidation sites excluding steroid dienone is 2. The van der Waals surface area contributed by atoms with E-state index in [-0.39, 0.29) is 17.4 Å². The van der Waals surface area contributed by atoms with Crippen LogP contribution in [-0.2, 0) is 0 Å². The van der Waals surface area contributed by atoms with Crippen LogP contribution in [0.2, 0.25) is 0 Å². The Labute approximate surface area is 69.3 Å². The largest absolute Gasteiger partial charge is 0.390 e. The van der Waals surface area contributed by atoms with Crippen molar-refractivity contribution in [2.45, 2.75) is 0 Å². The molecule has 0 aromatic heterocycles. The van der Waals surface area contributed by atoms with Crippen LogP contribution in [-0.4, -0.2) is 17.4 Å². The zero-order valence-corrected chi connectivity index (χ0v) is 6.65. The lowest BCUT2D eigenvalue weighted by Crippen LogP contribution is -2.01. The number of rotatable bonds is 3. The highest BCUT2D eigenvalue weighted by molar-refractivity contribution is 6.43. The monoisotopic (exact) mass is 179 g/mol. The van der Waals surface area contributed by atoms with Crippen molar-refractivity contribution in [3.8, 4) is 0 Å². The highest BCUT2D eigenvalue weighted by atomic mass is 35.5. The second kappa shape index (κ2) is 5.47. The van der Waals surface area contributed by atoms with Crippen molar-refractivity contribution in [3.05, 3.63) is 22.7 Å². The summed E-state index contributed by atoms with van der Waals surface area (Å²) in [6, 6.07) is 0. The fourth-order valence-electron chi connectivity index (χ4n) is 0.297. The van der Waals surface area contributed by atoms with Crippen molar-refractivity contribution in [1.82, 2.24) is 0 Å². The third-order valence-electron chi connectivity index (χ3n) is 0.762. The predicted molar refractivity (Wildman–Crippen MR) is 43.7 cm³/mol. The second-order valence-corrected chi connectivity index (χ2v) is 2.13. The van der Waals surface area contributed by atoms with E-state index in [4.69, 9.17) is 33.7 Å². The van der Waals surface area contributed by atoms with Gasteiger partial charge in [0.25, 0.3) is 0 Å². The van der Waals surface area contributed by atoms with Gasteiger partial charge in [-0.25, -0.2) is 0 Å². The molecule has 0 saturated heterocycles. The van der Waals surface area contributed by atoms with Gasteiger partial charge in [0.2, 0.25) is 0 Å². The third-order valence-corrected chi connectivity index (χ3v) is 1.26. The van der Waals surface area contributed by atoms with Crippen LogP contribution in [0.4, 0.5) is 0 Å². The van der Waals surface area contributed by atoms with Gasteiger partial charge in [0.15, 0.2) is 0 Å². The maximum absolute atomic E-state index is 8.40. The predicted octanol–water partition coefficient (Wildman–Crippen LogP) is 1.87. The van der Waals surface area contributed by atoms with Crippen LogP contribution in [0.5, 0.6) is 0 Å². The minimum Gasteiger partial charge on any atom is -0.390 e. The average molecular weight is 180 g/mol. The molecule has 0 atom stereocenters. The van der Waals surface area contributed by atoms with E-state index in [1.54, 1.807) is 0 Å². The summed E-state index contributed by atoms with van der Waals surface area (Å²) >= 11 is 10.7. The van der Waals surface area contributed by atoms with E-state index in [1.807, 2.05) is 0 Å². The van der Waals surface area contributed by atoms with E-state index in [0.717, 1.165) is 0 Å². The average Bonchev–Trinajstić information content (AvgIpc) is 1.98. The van der Waals surface area contributed by atoms with Crippen LogP contribution >= 0.6 is 23.2 Å². The van der Waals surface area contributed by atoms with Gasteiger partial charge in [-0.3, -0.25) is 0 Å². The van der Waals surface area contributed by atoms with Gasteiger partial charge in [-0.1, -0.05) is 23.2 Å². The van der Waals surface area contributed by atoms with E-state index < -0.39 is 0 Å². The van der Waals surface area contributed by atoms with Crippen molar-refractivity contribution in [1.29, 1.82) is 5.41 Å². The summed E-state index contributed by atoms with van der Waals surface area (Å²) in [5.74, 6) is 0. The highest BCUT2D eigenvalue weighted by Crippen LogP contribution is 2.02. The van der Waals surface area contributed by atoms with Crippen molar-refractivity contribution < 1.29 is 5.11 Å². The molecule has 0 fully saturated rings. The van der Waals surface area contributed by atoms with Crippen LogP contribution in [0.1, 0.15) is 0 Å². The molecule has 0 saturated carbocycles. The first-order chi connectivity index (χ1) is 4.72. The van der Waals surface area contributed by atoms with Crippen molar-refractivity contribution in [2.24, 2.45) is 0 Å². The zero-order valence-electron chi connectivity index (χ0n) is 5.14. The Kier molecular flexibility index (Phi) is 5.30. The van der Waals surface area contributed by atoms with Crippen LogP contribution in [0, 0.1) is 5.41 Å². The molecule has 0 heterocycles. The molecule has 0 rings (SSSR count). The number of nitrogens with one attached hydrogen (secondary N) is 1. The van der Waals surface area contributed by atoms with Crippen LogP contribution in [0.25, 0.3) is 0 Å². The molecule has 0 amide bonds. The van der Waals surface area contributed by atoms with E-state index in [0.29, 0.717) is 0 Å². The first-order valence-electron chi connectivity index (χ1n) is 2.53. The molecule has 0 unspecified atom stereocenters. The Hall–Kier alpha value is -0.310. The van der Waals surface area contributed by atoms with Gasteiger partial charge in [0.1, 0.15) is 0 Å². The number of aliphatic hydroxyl groups excluding tert-OH is 1. The van der Waals surface area contributed by atoms with Gasteiger partial charge >= 0.3 is 0 Å². The summed E-state index contributed by atoms with van der Waals surface area (Å²) in [6.07, 6.45) is 2.92. The standard InChI is InChI=1S/C6H7Cl2NO/c7-3-1-2-5(8)6(9)4-10/h1-3,9-10H,4H2/b3-1+,5-2+,9-6?. The molecule has 0 aromatic carbocycles. The van der Waals surface area contributed by atoms with Gasteiger partial charge < -0.3 is 10.5 Å². The lowest BCUT2D eigenvalue weighted by Gasteiger charge is -1.93. The van der Waals surface area contributed by atoms with Crippen LogP contribution in [0.3, 0.4) is 0 Å². The Bertz CT molecular complexity index is 175. The number of aliphatic hydroxyl groups is 1. The summed E-state index contributed by atoms with van der Waals surface area (Å²) in [6.45, 7) is -0.356. The molecular weight excluding hydrogens is 173 g/mol. The van der Waals surface area contributed by atoms with Crippen molar-refractivity contribution >= 4 is 28.9 Å². The summed E-state index contributed by atoms with van der Waals surface area (Å²) < 4.78 is 0. The molecule has 0 aromatic rings. The van der Waals surface area contributed by atoms with Gasteiger partial charge in [-0.15, -0.1) is 0 Å². The Morgan fingerprint density at radius 1 is 1.60 bits per heavy atom. The summed E-state index contributed by atoms with van der Waals surface area (Å²) in [5, 5.41) is 15.6. The Balaban J connectivity index is 4.05. The maximum atomic E-state index is 8.40. The fourth-order valence-corrected chi connectivity index (χ4v) is 0.502. The van der Waals surface area contributed by atoms with Gasteiger partial charge in [0.05, 0.1) is 17.4 Å². The molecule has 0 aliphatic heterocycles. The normalized spacial score (nSPS) is 12.5. The molecule has 56 valence electrons. The molecular formula is C6H7Cl2NO. The minimum atomic E-state index is -0.356. The first-order valence-corrected chi connectivity index (χ1v) is 3.35. The Morgan fingerprint density at radius 3 is 2.60 bits per heavy atom. The van der Waals surface area contributed by atoms with Crippen LogP contribution in [0.15, 0.2) is 22.7 Å². The topological polar surface area (TPSA) is 44.1 Å². The van der Waals surface area contributed by atoms with Gasteiger partial charge in [-0.05, 0) is 12.2 Å². The summed E-state index contributed by atoms with van der Waals surface area (Å²) in [4.78, 5) is 0. The smallest absolute Gasteiger partial charge is 0.0860 e. The zero-order chi connectivity index (χ0) is 7.98. The molecule has 0 bridgehead atoms. The number of hydrogen-bond acceptors (Lipinski definition) is 2. The van der Waals surface area contributed by atoms with Crippen LogP contribution < -0.4 is 0 Å². The quantitative estimate of drug-likeness (QED) is 0.505. The van der Waals surface area contributed by atoms with Gasteiger partial charge in [-0.2, -0.15) is 0 Å². The summed E-state index contributed by atoms with van der Waals surface area (Å²) in [7, 11) is 0. The third kappa shape index (κ3) is 3.67. The molecule has 2 nitrogen and oxygen atoms in total.